The van der Waals surface area contributed by atoms with Crippen LogP contribution in [0.25, 0.3) is 10.9 Å². The summed E-state index contributed by atoms with van der Waals surface area (Å²) >= 11 is 0. The molecule has 0 radical (unpaired) electrons. The van der Waals surface area contributed by atoms with Gasteiger partial charge in [0, 0.05) is 24.5 Å². The predicted molar refractivity (Wildman–Crippen MR) is 110 cm³/mol. The maximum Gasteiger partial charge on any atom is 0.410 e. The van der Waals surface area contributed by atoms with Gasteiger partial charge in [-0.2, -0.15) is 0 Å². The first kappa shape index (κ1) is 20.1. The van der Waals surface area contributed by atoms with E-state index in [4.69, 9.17) is 4.74 Å². The molecule has 1 aliphatic rings. The van der Waals surface area contributed by atoms with Crippen molar-refractivity contribution in [2.45, 2.75) is 59.1 Å². The van der Waals surface area contributed by atoms with E-state index in [0.29, 0.717) is 31.5 Å². The van der Waals surface area contributed by atoms with Gasteiger partial charge in [0.1, 0.15) is 5.60 Å². The number of hydrogen-bond acceptors (Lipinski definition) is 4. The molecule has 0 bridgehead atoms. The van der Waals surface area contributed by atoms with Gasteiger partial charge in [-0.05, 0) is 65.2 Å². The van der Waals surface area contributed by atoms with Crippen molar-refractivity contribution in [3.05, 3.63) is 41.1 Å². The topological polar surface area (TPSA) is 71.5 Å². The lowest BCUT2D eigenvalue weighted by Gasteiger charge is -2.33. The molecule has 6 nitrogen and oxygen atoms in total. The first-order valence-corrected chi connectivity index (χ1v) is 9.79. The molecule has 0 atom stereocenters. The fourth-order valence-corrected chi connectivity index (χ4v) is 3.40. The average molecular weight is 383 g/mol. The number of amides is 2. The van der Waals surface area contributed by atoms with Crippen molar-refractivity contribution < 1.29 is 14.3 Å². The predicted octanol–water partition coefficient (Wildman–Crippen LogP) is 3.98. The lowest BCUT2D eigenvalue weighted by molar-refractivity contribution is 0.0199. The summed E-state index contributed by atoms with van der Waals surface area (Å²) in [6.45, 7) is 10.6. The Bertz CT molecular complexity index is 894. The zero-order valence-electron chi connectivity index (χ0n) is 17.3. The van der Waals surface area contributed by atoms with Gasteiger partial charge in [0.25, 0.3) is 5.91 Å². The Morgan fingerprint density at radius 2 is 1.82 bits per heavy atom. The first-order chi connectivity index (χ1) is 13.1. The number of likely N-dealkylation sites (tertiary alicyclic amines) is 1. The van der Waals surface area contributed by atoms with Crippen LogP contribution in [0.5, 0.6) is 0 Å². The summed E-state index contributed by atoms with van der Waals surface area (Å²) in [7, 11) is 0. The van der Waals surface area contributed by atoms with E-state index in [1.54, 1.807) is 4.90 Å². The van der Waals surface area contributed by atoms with Gasteiger partial charge in [0.2, 0.25) is 0 Å². The number of fused-ring (bicyclic) bond motifs is 1. The van der Waals surface area contributed by atoms with Crippen LogP contribution in [0.4, 0.5) is 4.79 Å². The van der Waals surface area contributed by atoms with Crippen molar-refractivity contribution in [2.24, 2.45) is 0 Å². The minimum Gasteiger partial charge on any atom is -0.444 e. The number of aryl methyl sites for hydroxylation is 2. The summed E-state index contributed by atoms with van der Waals surface area (Å²) < 4.78 is 5.42. The van der Waals surface area contributed by atoms with Crippen LogP contribution in [0.2, 0.25) is 0 Å². The molecule has 1 aromatic heterocycles. The number of piperidine rings is 1. The van der Waals surface area contributed by atoms with E-state index in [2.05, 4.69) is 10.3 Å². The highest BCUT2D eigenvalue weighted by atomic mass is 16.6. The third-order valence-corrected chi connectivity index (χ3v) is 4.89. The third kappa shape index (κ3) is 4.80. The second-order valence-electron chi connectivity index (χ2n) is 8.53. The van der Waals surface area contributed by atoms with Crippen molar-refractivity contribution in [3.63, 3.8) is 0 Å². The SMILES string of the molecule is Cc1ccc2cc(C(=O)NC3CCN(C(=O)OC(C)(C)C)CC3)c(C)nc2c1. The molecule has 3 rings (SSSR count). The van der Waals surface area contributed by atoms with Crippen LogP contribution < -0.4 is 5.32 Å². The van der Waals surface area contributed by atoms with Crippen molar-refractivity contribution in [1.82, 2.24) is 15.2 Å². The quantitative estimate of drug-likeness (QED) is 0.851. The molecule has 2 amide bonds. The molecule has 1 aromatic carbocycles. The smallest absolute Gasteiger partial charge is 0.410 e. The normalized spacial score (nSPS) is 15.5. The highest BCUT2D eigenvalue weighted by molar-refractivity contribution is 5.98. The van der Waals surface area contributed by atoms with E-state index < -0.39 is 5.60 Å². The Balaban J connectivity index is 1.62. The number of carbonyl (C=O) groups is 2. The molecule has 150 valence electrons. The lowest BCUT2D eigenvalue weighted by atomic mass is 10.0. The largest absolute Gasteiger partial charge is 0.444 e. The van der Waals surface area contributed by atoms with Crippen molar-refractivity contribution in [1.29, 1.82) is 0 Å². The Kier molecular flexibility index (Phi) is 5.59. The molecular formula is C22H29N3O3. The second-order valence-corrected chi connectivity index (χ2v) is 8.53. The van der Waals surface area contributed by atoms with Gasteiger partial charge in [-0.15, -0.1) is 0 Å². The fraction of sp³-hybridized carbons (Fsp3) is 0.500. The zero-order chi connectivity index (χ0) is 20.5. The second kappa shape index (κ2) is 7.78. The number of aromatic nitrogens is 1. The Labute approximate surface area is 166 Å². The molecule has 0 aliphatic carbocycles. The molecular weight excluding hydrogens is 354 g/mol. The molecule has 0 saturated carbocycles. The number of benzene rings is 1. The van der Waals surface area contributed by atoms with E-state index in [-0.39, 0.29) is 18.0 Å². The van der Waals surface area contributed by atoms with E-state index in [0.717, 1.165) is 22.2 Å². The minimum absolute atomic E-state index is 0.0410. The molecule has 2 aromatic rings. The van der Waals surface area contributed by atoms with Crippen LogP contribution >= 0.6 is 0 Å². The van der Waals surface area contributed by atoms with Crippen molar-refractivity contribution >= 4 is 22.9 Å². The summed E-state index contributed by atoms with van der Waals surface area (Å²) in [5, 5.41) is 4.06. The van der Waals surface area contributed by atoms with E-state index >= 15 is 0 Å². The van der Waals surface area contributed by atoms with Gasteiger partial charge in [0.05, 0.1) is 16.8 Å². The Morgan fingerprint density at radius 3 is 2.46 bits per heavy atom. The number of pyridine rings is 1. The summed E-state index contributed by atoms with van der Waals surface area (Å²) in [5.41, 5.74) is 2.88. The molecule has 1 aliphatic heterocycles. The van der Waals surface area contributed by atoms with Crippen LogP contribution in [0, 0.1) is 13.8 Å². The average Bonchev–Trinajstić information content (AvgIpc) is 2.60. The van der Waals surface area contributed by atoms with Crippen molar-refractivity contribution in [3.8, 4) is 0 Å². The molecule has 2 heterocycles. The monoisotopic (exact) mass is 383 g/mol. The van der Waals surface area contributed by atoms with E-state index in [1.807, 2.05) is 58.9 Å². The highest BCUT2D eigenvalue weighted by Crippen LogP contribution is 2.20. The van der Waals surface area contributed by atoms with Crippen LogP contribution in [0.15, 0.2) is 24.3 Å². The maximum atomic E-state index is 12.8. The van der Waals surface area contributed by atoms with Crippen molar-refractivity contribution in [2.75, 3.05) is 13.1 Å². The first-order valence-electron chi connectivity index (χ1n) is 9.79. The van der Waals surface area contributed by atoms with Crippen LogP contribution in [-0.4, -0.2) is 46.6 Å². The van der Waals surface area contributed by atoms with Gasteiger partial charge in [-0.3, -0.25) is 9.78 Å². The summed E-state index contributed by atoms with van der Waals surface area (Å²) in [4.78, 5) is 31.3. The number of nitrogens with zero attached hydrogens (tertiary/aromatic N) is 2. The summed E-state index contributed by atoms with van der Waals surface area (Å²) in [6.07, 6.45) is 1.14. The number of carbonyl (C=O) groups excluding carboxylic acids is 2. The Morgan fingerprint density at radius 1 is 1.14 bits per heavy atom. The third-order valence-electron chi connectivity index (χ3n) is 4.89. The van der Waals surface area contributed by atoms with Gasteiger partial charge >= 0.3 is 6.09 Å². The standard InChI is InChI=1S/C22H29N3O3/c1-14-6-7-16-13-18(15(2)23-19(16)12-14)20(26)24-17-8-10-25(11-9-17)21(27)28-22(3,4)5/h6-7,12-13,17H,8-11H2,1-5H3,(H,24,26). The molecule has 0 unspecified atom stereocenters. The highest BCUT2D eigenvalue weighted by Gasteiger charge is 2.28. The van der Waals surface area contributed by atoms with E-state index in [1.165, 1.54) is 0 Å². The van der Waals surface area contributed by atoms with Crippen LogP contribution in [0.1, 0.15) is 55.2 Å². The van der Waals surface area contributed by atoms with Crippen LogP contribution in [-0.2, 0) is 4.74 Å². The molecule has 1 saturated heterocycles. The van der Waals surface area contributed by atoms with Gasteiger partial charge in [-0.25, -0.2) is 4.79 Å². The maximum absolute atomic E-state index is 12.8. The van der Waals surface area contributed by atoms with Crippen LogP contribution in [0.3, 0.4) is 0 Å². The minimum atomic E-state index is -0.499. The molecule has 28 heavy (non-hydrogen) atoms. The molecule has 6 heteroatoms. The summed E-state index contributed by atoms with van der Waals surface area (Å²) in [6, 6.07) is 7.98. The number of nitrogens with one attached hydrogen (secondary N) is 1. The number of ether oxygens (including phenoxy) is 1. The van der Waals surface area contributed by atoms with Gasteiger partial charge < -0.3 is 15.0 Å². The fourth-order valence-electron chi connectivity index (χ4n) is 3.40. The Hall–Kier alpha value is -2.63. The molecule has 1 N–H and O–H groups in total. The lowest BCUT2D eigenvalue weighted by Crippen LogP contribution is -2.47. The number of rotatable bonds is 2. The zero-order valence-corrected chi connectivity index (χ0v) is 17.3. The van der Waals surface area contributed by atoms with E-state index in [9.17, 15) is 9.59 Å². The molecule has 1 fully saturated rings. The van der Waals surface area contributed by atoms with Gasteiger partial charge in [-0.1, -0.05) is 12.1 Å². The summed E-state index contributed by atoms with van der Waals surface area (Å²) in [5.74, 6) is -0.108. The molecule has 0 spiro atoms. The number of hydrogen-bond donors (Lipinski definition) is 1. The van der Waals surface area contributed by atoms with Gasteiger partial charge in [0.15, 0.2) is 0 Å².